The van der Waals surface area contributed by atoms with Crippen LogP contribution >= 0.6 is 22.9 Å². The predicted octanol–water partition coefficient (Wildman–Crippen LogP) is 2.82. The van der Waals surface area contributed by atoms with Crippen molar-refractivity contribution in [3.8, 4) is 0 Å². The number of nitrogens with zero attached hydrogens (tertiary/aromatic N) is 3. The van der Waals surface area contributed by atoms with E-state index in [1.165, 1.54) is 11.3 Å². The van der Waals surface area contributed by atoms with Crippen molar-refractivity contribution >= 4 is 39.7 Å². The molecule has 1 aromatic heterocycles. The van der Waals surface area contributed by atoms with Crippen LogP contribution in [-0.2, 0) is 0 Å². The van der Waals surface area contributed by atoms with Crippen LogP contribution in [0.15, 0.2) is 29.6 Å². The number of carbonyl (C=O) groups is 1. The monoisotopic (exact) mass is 323 g/mol. The summed E-state index contributed by atoms with van der Waals surface area (Å²) in [5.74, 6) is -0.975. The van der Waals surface area contributed by atoms with Crippen LogP contribution in [0.25, 0.3) is 0 Å². The summed E-state index contributed by atoms with van der Waals surface area (Å²) in [6.07, 6.45) is 0. The first-order valence-electron chi connectivity index (χ1n) is 6.58. The molecule has 7 heteroatoms. The highest BCUT2D eigenvalue weighted by Crippen LogP contribution is 2.24. The molecule has 21 heavy (non-hydrogen) atoms. The molecule has 0 bridgehead atoms. The molecule has 0 unspecified atom stereocenters. The number of thiazole rings is 1. The van der Waals surface area contributed by atoms with Crippen molar-refractivity contribution in [3.63, 3.8) is 0 Å². The van der Waals surface area contributed by atoms with Gasteiger partial charge in [-0.25, -0.2) is 9.78 Å². The first kappa shape index (κ1) is 14.2. The van der Waals surface area contributed by atoms with E-state index in [-0.39, 0.29) is 5.69 Å². The summed E-state index contributed by atoms with van der Waals surface area (Å²) in [5, 5.41) is 12.0. The number of aromatic nitrogens is 1. The van der Waals surface area contributed by atoms with E-state index >= 15 is 0 Å². The SMILES string of the molecule is O=C(O)c1csc(N2CCN(c3ccc(Cl)cc3)CC2)n1. The fraction of sp³-hybridized carbons (Fsp3) is 0.286. The summed E-state index contributed by atoms with van der Waals surface area (Å²) in [5.41, 5.74) is 1.28. The zero-order valence-corrected chi connectivity index (χ0v) is 12.8. The summed E-state index contributed by atoms with van der Waals surface area (Å²) in [6.45, 7) is 3.41. The van der Waals surface area contributed by atoms with Crippen LogP contribution in [0.1, 0.15) is 10.5 Å². The van der Waals surface area contributed by atoms with Crippen molar-refractivity contribution in [1.29, 1.82) is 0 Å². The lowest BCUT2D eigenvalue weighted by molar-refractivity contribution is 0.0691. The Balaban J connectivity index is 1.64. The molecule has 0 radical (unpaired) electrons. The van der Waals surface area contributed by atoms with Crippen LogP contribution in [0.4, 0.5) is 10.8 Å². The van der Waals surface area contributed by atoms with Gasteiger partial charge < -0.3 is 14.9 Å². The highest BCUT2D eigenvalue weighted by Gasteiger charge is 2.20. The van der Waals surface area contributed by atoms with Gasteiger partial charge in [-0.2, -0.15) is 0 Å². The van der Waals surface area contributed by atoms with Gasteiger partial charge >= 0.3 is 5.97 Å². The maximum atomic E-state index is 10.9. The number of halogens is 1. The van der Waals surface area contributed by atoms with Gasteiger partial charge in [0.1, 0.15) is 0 Å². The minimum atomic E-state index is -0.975. The fourth-order valence-electron chi connectivity index (χ4n) is 2.32. The average Bonchev–Trinajstić information content (AvgIpc) is 2.98. The molecule has 0 spiro atoms. The molecule has 1 aliphatic rings. The van der Waals surface area contributed by atoms with Gasteiger partial charge in [0.15, 0.2) is 10.8 Å². The molecular weight excluding hydrogens is 310 g/mol. The summed E-state index contributed by atoms with van der Waals surface area (Å²) in [6, 6.07) is 7.82. The van der Waals surface area contributed by atoms with E-state index in [9.17, 15) is 4.79 Å². The van der Waals surface area contributed by atoms with Gasteiger partial charge in [0.25, 0.3) is 0 Å². The second-order valence-electron chi connectivity index (χ2n) is 4.77. The molecule has 0 atom stereocenters. The van der Waals surface area contributed by atoms with Crippen LogP contribution in [-0.4, -0.2) is 42.2 Å². The molecule has 3 rings (SSSR count). The number of benzene rings is 1. The van der Waals surface area contributed by atoms with E-state index in [1.807, 2.05) is 24.3 Å². The van der Waals surface area contributed by atoms with E-state index in [1.54, 1.807) is 5.38 Å². The van der Waals surface area contributed by atoms with Crippen molar-refractivity contribution < 1.29 is 9.90 Å². The second-order valence-corrected chi connectivity index (χ2v) is 6.04. The largest absolute Gasteiger partial charge is 0.476 e. The lowest BCUT2D eigenvalue weighted by atomic mass is 10.2. The molecule has 1 aliphatic heterocycles. The van der Waals surface area contributed by atoms with Crippen LogP contribution < -0.4 is 9.80 Å². The number of carboxylic acid groups (broad SMARTS) is 1. The molecule has 0 aliphatic carbocycles. The minimum Gasteiger partial charge on any atom is -0.476 e. The Bertz CT molecular complexity index is 636. The average molecular weight is 324 g/mol. The zero-order chi connectivity index (χ0) is 14.8. The Morgan fingerprint density at radius 2 is 1.76 bits per heavy atom. The molecule has 2 heterocycles. The van der Waals surface area contributed by atoms with Crippen molar-refractivity contribution in [3.05, 3.63) is 40.4 Å². The molecule has 2 aromatic rings. The van der Waals surface area contributed by atoms with Crippen molar-refractivity contribution in [2.24, 2.45) is 0 Å². The van der Waals surface area contributed by atoms with Crippen LogP contribution in [0.5, 0.6) is 0 Å². The van der Waals surface area contributed by atoms with Crippen molar-refractivity contribution in [1.82, 2.24) is 4.98 Å². The Labute approximate surface area is 131 Å². The van der Waals surface area contributed by atoms with E-state index in [2.05, 4.69) is 14.8 Å². The second kappa shape index (κ2) is 5.91. The molecule has 0 amide bonds. The van der Waals surface area contributed by atoms with Crippen LogP contribution in [0.3, 0.4) is 0 Å². The third-order valence-corrected chi connectivity index (χ3v) is 4.61. The molecule has 1 aromatic carbocycles. The number of piperazine rings is 1. The third-order valence-electron chi connectivity index (χ3n) is 3.45. The lowest BCUT2D eigenvalue weighted by Gasteiger charge is -2.36. The maximum absolute atomic E-state index is 10.9. The van der Waals surface area contributed by atoms with E-state index in [4.69, 9.17) is 16.7 Å². The van der Waals surface area contributed by atoms with Gasteiger partial charge in [-0.1, -0.05) is 11.6 Å². The summed E-state index contributed by atoms with van der Waals surface area (Å²) < 4.78 is 0. The van der Waals surface area contributed by atoms with Gasteiger partial charge in [-0.05, 0) is 24.3 Å². The Hall–Kier alpha value is -1.79. The molecule has 110 valence electrons. The molecule has 0 saturated carbocycles. The van der Waals surface area contributed by atoms with E-state index < -0.39 is 5.97 Å². The standard InChI is InChI=1S/C14H14ClN3O2S/c15-10-1-3-11(4-2-10)17-5-7-18(8-6-17)14-16-12(9-21-14)13(19)20/h1-4,9H,5-8H2,(H,19,20). The van der Waals surface area contributed by atoms with Gasteiger partial charge in [-0.3, -0.25) is 0 Å². The zero-order valence-electron chi connectivity index (χ0n) is 11.2. The van der Waals surface area contributed by atoms with Gasteiger partial charge in [0.2, 0.25) is 0 Å². The Kier molecular flexibility index (Phi) is 3.98. The Morgan fingerprint density at radius 1 is 1.14 bits per heavy atom. The summed E-state index contributed by atoms with van der Waals surface area (Å²) in [4.78, 5) is 19.4. The first-order valence-corrected chi connectivity index (χ1v) is 7.83. The molecular formula is C14H14ClN3O2S. The lowest BCUT2D eigenvalue weighted by Crippen LogP contribution is -2.46. The van der Waals surface area contributed by atoms with Crippen LogP contribution in [0.2, 0.25) is 5.02 Å². The highest BCUT2D eigenvalue weighted by atomic mass is 35.5. The number of rotatable bonds is 3. The van der Waals surface area contributed by atoms with Crippen molar-refractivity contribution in [2.75, 3.05) is 36.0 Å². The summed E-state index contributed by atoms with van der Waals surface area (Å²) in [7, 11) is 0. The van der Waals surface area contributed by atoms with Crippen LogP contribution in [0, 0.1) is 0 Å². The van der Waals surface area contributed by atoms with E-state index in [0.717, 1.165) is 42.0 Å². The molecule has 1 fully saturated rings. The topological polar surface area (TPSA) is 56.7 Å². The van der Waals surface area contributed by atoms with Gasteiger partial charge in [0.05, 0.1) is 0 Å². The number of hydrogen-bond donors (Lipinski definition) is 1. The smallest absolute Gasteiger partial charge is 0.355 e. The predicted molar refractivity (Wildman–Crippen MR) is 85.0 cm³/mol. The minimum absolute atomic E-state index is 0.120. The van der Waals surface area contributed by atoms with E-state index in [0.29, 0.717) is 0 Å². The maximum Gasteiger partial charge on any atom is 0.355 e. The number of carboxylic acids is 1. The molecule has 1 N–H and O–H groups in total. The third kappa shape index (κ3) is 3.11. The number of aromatic carboxylic acids is 1. The fourth-order valence-corrected chi connectivity index (χ4v) is 3.29. The molecule has 1 saturated heterocycles. The van der Waals surface area contributed by atoms with Crippen molar-refractivity contribution in [2.45, 2.75) is 0 Å². The highest BCUT2D eigenvalue weighted by molar-refractivity contribution is 7.13. The normalized spacial score (nSPS) is 15.3. The number of hydrogen-bond acceptors (Lipinski definition) is 5. The molecule has 5 nitrogen and oxygen atoms in total. The summed E-state index contributed by atoms with van der Waals surface area (Å²) >= 11 is 7.28. The first-order chi connectivity index (χ1) is 10.1. The Morgan fingerprint density at radius 3 is 2.33 bits per heavy atom. The van der Waals surface area contributed by atoms with Gasteiger partial charge in [-0.15, -0.1) is 11.3 Å². The quantitative estimate of drug-likeness (QED) is 0.941. The van der Waals surface area contributed by atoms with Gasteiger partial charge in [0, 0.05) is 42.3 Å². The number of anilines is 2.